The van der Waals surface area contributed by atoms with Crippen LogP contribution in [0.4, 0.5) is 0 Å². The van der Waals surface area contributed by atoms with Crippen molar-refractivity contribution >= 4 is 29.0 Å². The van der Waals surface area contributed by atoms with Gasteiger partial charge >= 0.3 is 0 Å². The zero-order chi connectivity index (χ0) is 16.8. The molecule has 0 bridgehead atoms. The van der Waals surface area contributed by atoms with Crippen LogP contribution >= 0.6 is 12.2 Å². The Hall–Kier alpha value is -1.95. The minimum Gasteiger partial charge on any atom is -0.333 e. The van der Waals surface area contributed by atoms with E-state index < -0.39 is 0 Å². The highest BCUT2D eigenvalue weighted by molar-refractivity contribution is 7.71. The first-order chi connectivity index (χ1) is 11.5. The van der Waals surface area contributed by atoms with Gasteiger partial charge in [0.25, 0.3) is 11.5 Å². The van der Waals surface area contributed by atoms with Crippen LogP contribution < -0.4 is 5.56 Å². The molecular formula is C18H21N3O2S. The van der Waals surface area contributed by atoms with Crippen LogP contribution in [0.5, 0.6) is 0 Å². The molecule has 2 aliphatic rings. The van der Waals surface area contributed by atoms with Crippen LogP contribution in [0.1, 0.15) is 49.4 Å². The molecule has 2 heterocycles. The number of hydrogen-bond acceptors (Lipinski definition) is 3. The summed E-state index contributed by atoms with van der Waals surface area (Å²) in [6.07, 6.45) is 5.94. The molecule has 0 unspecified atom stereocenters. The number of carbonyl (C=O) groups is 1. The molecule has 1 amide bonds. The van der Waals surface area contributed by atoms with Crippen LogP contribution in [0.15, 0.2) is 23.0 Å². The van der Waals surface area contributed by atoms with E-state index in [-0.39, 0.29) is 22.3 Å². The summed E-state index contributed by atoms with van der Waals surface area (Å²) in [5.41, 5.74) is 1.01. The summed E-state index contributed by atoms with van der Waals surface area (Å²) >= 11 is 5.03. The quantitative estimate of drug-likeness (QED) is 0.780. The van der Waals surface area contributed by atoms with Gasteiger partial charge in [-0.15, -0.1) is 0 Å². The molecule has 2 aromatic rings. The minimum atomic E-state index is -0.227. The van der Waals surface area contributed by atoms with Gasteiger partial charge in [-0.2, -0.15) is 0 Å². The number of H-pyrrole nitrogens is 2. The molecule has 1 saturated carbocycles. The Morgan fingerprint density at radius 3 is 2.88 bits per heavy atom. The van der Waals surface area contributed by atoms with Gasteiger partial charge in [-0.3, -0.25) is 14.6 Å². The van der Waals surface area contributed by atoms with Crippen molar-refractivity contribution < 1.29 is 4.79 Å². The summed E-state index contributed by atoms with van der Waals surface area (Å²) in [5.74, 6) is 0.713. The predicted molar refractivity (Wildman–Crippen MR) is 95.7 cm³/mol. The van der Waals surface area contributed by atoms with Gasteiger partial charge in [-0.25, -0.2) is 0 Å². The summed E-state index contributed by atoms with van der Waals surface area (Å²) in [6, 6.07) is 5.85. The second kappa shape index (κ2) is 5.84. The fourth-order valence-electron chi connectivity index (χ4n) is 4.51. The first kappa shape index (κ1) is 15.6. The maximum Gasteiger partial charge on any atom is 0.259 e. The van der Waals surface area contributed by atoms with Crippen LogP contribution in [0.25, 0.3) is 10.9 Å². The molecule has 6 heteroatoms. The molecule has 126 valence electrons. The normalized spacial score (nSPS) is 26.5. The second-order valence-electron chi connectivity index (χ2n) is 7.08. The molecule has 4 rings (SSSR count). The lowest BCUT2D eigenvalue weighted by Gasteiger charge is -2.33. The Balaban J connectivity index is 1.73. The molecular weight excluding hydrogens is 322 g/mol. The molecule has 1 aromatic heterocycles. The van der Waals surface area contributed by atoms with Gasteiger partial charge in [0.2, 0.25) is 0 Å². The van der Waals surface area contributed by atoms with Crippen molar-refractivity contribution in [1.82, 2.24) is 14.9 Å². The van der Waals surface area contributed by atoms with Crippen molar-refractivity contribution in [2.45, 2.75) is 51.1 Å². The zero-order valence-corrected chi connectivity index (χ0v) is 14.5. The summed E-state index contributed by atoms with van der Waals surface area (Å²) in [6.45, 7) is 2.15. The highest BCUT2D eigenvalue weighted by Crippen LogP contribution is 2.40. The number of carbonyl (C=O) groups excluding carboxylic acids is 1. The third-order valence-corrected chi connectivity index (χ3v) is 5.77. The van der Waals surface area contributed by atoms with Gasteiger partial charge in [0.15, 0.2) is 4.77 Å². The molecule has 5 nitrogen and oxygen atoms in total. The Bertz CT molecular complexity index is 916. The van der Waals surface area contributed by atoms with Crippen molar-refractivity contribution in [3.63, 3.8) is 0 Å². The molecule has 1 saturated heterocycles. The number of amides is 1. The van der Waals surface area contributed by atoms with Crippen molar-refractivity contribution in [3.8, 4) is 0 Å². The summed E-state index contributed by atoms with van der Waals surface area (Å²) < 4.78 is 0.277. The summed E-state index contributed by atoms with van der Waals surface area (Å²) in [5, 5.41) is 0.519. The van der Waals surface area contributed by atoms with Crippen LogP contribution in [0.3, 0.4) is 0 Å². The van der Waals surface area contributed by atoms with Crippen molar-refractivity contribution in [2.75, 3.05) is 0 Å². The maximum absolute atomic E-state index is 13.1. The van der Waals surface area contributed by atoms with Gasteiger partial charge in [0.1, 0.15) is 0 Å². The molecule has 2 N–H and O–H groups in total. The lowest BCUT2D eigenvalue weighted by molar-refractivity contribution is 0.0633. The van der Waals surface area contributed by atoms with E-state index >= 15 is 0 Å². The number of nitrogens with zero attached hydrogens (tertiary/aromatic N) is 1. The topological polar surface area (TPSA) is 69.0 Å². The van der Waals surface area contributed by atoms with E-state index in [9.17, 15) is 9.59 Å². The first-order valence-corrected chi connectivity index (χ1v) is 9.04. The maximum atomic E-state index is 13.1. The van der Waals surface area contributed by atoms with Gasteiger partial charge in [-0.1, -0.05) is 12.8 Å². The second-order valence-corrected chi connectivity index (χ2v) is 7.49. The number of aromatic amines is 2. The van der Waals surface area contributed by atoms with E-state index in [0.717, 1.165) is 12.8 Å². The van der Waals surface area contributed by atoms with E-state index in [1.807, 2.05) is 0 Å². The molecule has 0 radical (unpaired) electrons. The van der Waals surface area contributed by atoms with Crippen LogP contribution in [-0.2, 0) is 0 Å². The third kappa shape index (κ3) is 2.49. The fraction of sp³-hybridized carbons (Fsp3) is 0.500. The third-order valence-electron chi connectivity index (χ3n) is 5.57. The predicted octanol–water partition coefficient (Wildman–Crippen LogP) is 3.38. The first-order valence-electron chi connectivity index (χ1n) is 8.63. The van der Waals surface area contributed by atoms with Crippen molar-refractivity contribution in [3.05, 3.63) is 38.9 Å². The largest absolute Gasteiger partial charge is 0.333 e. The van der Waals surface area contributed by atoms with Gasteiger partial charge in [-0.05, 0) is 62.5 Å². The van der Waals surface area contributed by atoms with E-state index in [4.69, 9.17) is 12.2 Å². The van der Waals surface area contributed by atoms with E-state index in [2.05, 4.69) is 21.8 Å². The SMILES string of the molecule is C[C@@H]1C[C@@H]2CCCC[C@H]2N1C(=O)c1ccc2c(=O)[nH]c(=S)[nH]c2c1. The Kier molecular flexibility index (Phi) is 3.79. The molecule has 24 heavy (non-hydrogen) atoms. The zero-order valence-electron chi connectivity index (χ0n) is 13.7. The number of aromatic nitrogens is 2. The number of fused-ring (bicyclic) bond motifs is 2. The molecule has 3 atom stereocenters. The lowest BCUT2D eigenvalue weighted by Crippen LogP contribution is -2.42. The van der Waals surface area contributed by atoms with Gasteiger partial charge in [0.05, 0.1) is 10.9 Å². The Labute approximate surface area is 145 Å². The highest BCUT2D eigenvalue weighted by Gasteiger charge is 2.42. The van der Waals surface area contributed by atoms with Gasteiger partial charge < -0.3 is 9.88 Å². The Morgan fingerprint density at radius 1 is 1.25 bits per heavy atom. The highest BCUT2D eigenvalue weighted by atomic mass is 32.1. The van der Waals surface area contributed by atoms with Crippen molar-refractivity contribution in [1.29, 1.82) is 0 Å². The molecule has 1 aliphatic heterocycles. The number of rotatable bonds is 1. The monoisotopic (exact) mass is 343 g/mol. The minimum absolute atomic E-state index is 0.0680. The number of likely N-dealkylation sites (tertiary alicyclic amines) is 1. The molecule has 0 spiro atoms. The number of hydrogen-bond donors (Lipinski definition) is 2. The number of nitrogens with one attached hydrogen (secondary N) is 2. The molecule has 1 aromatic carbocycles. The summed E-state index contributed by atoms with van der Waals surface area (Å²) in [4.78, 5) is 32.7. The van der Waals surface area contributed by atoms with E-state index in [1.54, 1.807) is 18.2 Å². The van der Waals surface area contributed by atoms with Crippen LogP contribution in [-0.4, -0.2) is 32.9 Å². The average molecular weight is 343 g/mol. The Morgan fingerprint density at radius 2 is 2.04 bits per heavy atom. The lowest BCUT2D eigenvalue weighted by atomic mass is 9.85. The van der Waals surface area contributed by atoms with Gasteiger partial charge in [0, 0.05) is 17.6 Å². The fourth-order valence-corrected chi connectivity index (χ4v) is 4.71. The summed E-state index contributed by atoms with van der Waals surface area (Å²) in [7, 11) is 0. The van der Waals surface area contributed by atoms with E-state index in [0.29, 0.717) is 28.4 Å². The van der Waals surface area contributed by atoms with Crippen molar-refractivity contribution in [2.24, 2.45) is 5.92 Å². The van der Waals surface area contributed by atoms with Crippen LogP contribution in [0.2, 0.25) is 0 Å². The average Bonchev–Trinajstić information content (AvgIpc) is 2.89. The molecule has 1 aliphatic carbocycles. The standard InChI is InChI=1S/C18H21N3O2S/c1-10-8-11-4-2-3-5-15(11)21(10)17(23)12-6-7-13-14(9-12)19-18(24)20-16(13)22/h6-7,9-11,15H,2-5,8H2,1H3,(H2,19,20,22,24)/t10-,11+,15-/m1/s1. The number of benzene rings is 1. The van der Waals surface area contributed by atoms with Crippen LogP contribution in [0, 0.1) is 10.7 Å². The van der Waals surface area contributed by atoms with E-state index in [1.165, 1.54) is 19.3 Å². The smallest absolute Gasteiger partial charge is 0.259 e. The molecule has 2 fully saturated rings.